The summed E-state index contributed by atoms with van der Waals surface area (Å²) in [6, 6.07) is 14.6. The number of nitrogens with zero attached hydrogens (tertiary/aromatic N) is 2. The van der Waals surface area contributed by atoms with E-state index in [1.807, 2.05) is 30.3 Å². The van der Waals surface area contributed by atoms with Crippen LogP contribution in [0.1, 0.15) is 5.56 Å². The highest BCUT2D eigenvalue weighted by Gasteiger charge is 2.10. The third-order valence-corrected chi connectivity index (χ3v) is 2.90. The first-order valence-electron chi connectivity index (χ1n) is 5.83. The fraction of sp³-hybridized carbons (Fsp3) is 0.0667. The molecule has 0 aliphatic carbocycles. The van der Waals surface area contributed by atoms with E-state index < -0.39 is 0 Å². The maximum absolute atomic E-state index is 9.84. The molecule has 0 fully saturated rings. The number of para-hydroxylation sites is 2. The van der Waals surface area contributed by atoms with Crippen LogP contribution in [0.25, 0.3) is 22.6 Å². The number of aromatic hydroxyl groups is 1. The SMILES string of the molecule is N#CCc1ccc(-c2nc3ccccc3o2)cc1O. The molecule has 0 aliphatic heterocycles. The fourth-order valence-electron chi connectivity index (χ4n) is 1.93. The monoisotopic (exact) mass is 250 g/mol. The van der Waals surface area contributed by atoms with Crippen molar-refractivity contribution in [3.05, 3.63) is 48.0 Å². The van der Waals surface area contributed by atoms with E-state index in [0.29, 0.717) is 22.6 Å². The van der Waals surface area contributed by atoms with E-state index in [1.165, 1.54) is 0 Å². The number of benzene rings is 2. The molecule has 1 heterocycles. The minimum Gasteiger partial charge on any atom is -0.508 e. The minimum absolute atomic E-state index is 0.0845. The second kappa shape index (κ2) is 4.46. The van der Waals surface area contributed by atoms with Crippen molar-refractivity contribution in [1.29, 1.82) is 5.26 Å². The Morgan fingerprint density at radius 3 is 2.79 bits per heavy atom. The van der Waals surface area contributed by atoms with Crippen LogP contribution in [0.4, 0.5) is 0 Å². The van der Waals surface area contributed by atoms with Gasteiger partial charge in [-0.05, 0) is 24.3 Å². The number of hydrogen-bond donors (Lipinski definition) is 1. The molecule has 2 aromatic carbocycles. The van der Waals surface area contributed by atoms with Gasteiger partial charge in [-0.2, -0.15) is 5.26 Å². The standard InChI is InChI=1S/C15H10N2O2/c16-8-7-10-5-6-11(9-13(10)18)15-17-12-3-1-2-4-14(12)19-15/h1-6,9,18H,7H2. The molecule has 1 N–H and O–H groups in total. The maximum atomic E-state index is 9.84. The molecule has 0 amide bonds. The van der Waals surface area contributed by atoms with Crippen LogP contribution in [0.2, 0.25) is 0 Å². The lowest BCUT2D eigenvalue weighted by atomic mass is 10.1. The molecular formula is C15H10N2O2. The van der Waals surface area contributed by atoms with Gasteiger partial charge in [-0.15, -0.1) is 0 Å². The summed E-state index contributed by atoms with van der Waals surface area (Å²) >= 11 is 0. The molecule has 0 saturated carbocycles. The Balaban J connectivity index is 2.06. The van der Waals surface area contributed by atoms with Gasteiger partial charge < -0.3 is 9.52 Å². The molecule has 0 saturated heterocycles. The summed E-state index contributed by atoms with van der Waals surface area (Å²) in [6.45, 7) is 0. The van der Waals surface area contributed by atoms with Gasteiger partial charge in [0, 0.05) is 11.1 Å². The second-order valence-electron chi connectivity index (χ2n) is 4.17. The third-order valence-electron chi connectivity index (χ3n) is 2.90. The summed E-state index contributed by atoms with van der Waals surface area (Å²) in [4.78, 5) is 4.36. The van der Waals surface area contributed by atoms with Crippen molar-refractivity contribution in [1.82, 2.24) is 4.98 Å². The Kier molecular flexibility index (Phi) is 2.66. The van der Waals surface area contributed by atoms with Crippen LogP contribution in [0.3, 0.4) is 0 Å². The molecule has 4 nitrogen and oxygen atoms in total. The van der Waals surface area contributed by atoms with Crippen LogP contribution in [-0.2, 0) is 6.42 Å². The lowest BCUT2D eigenvalue weighted by Crippen LogP contribution is -1.84. The lowest BCUT2D eigenvalue weighted by Gasteiger charge is -2.01. The van der Waals surface area contributed by atoms with Crippen molar-refractivity contribution in [2.24, 2.45) is 0 Å². The van der Waals surface area contributed by atoms with Gasteiger partial charge in [0.25, 0.3) is 0 Å². The van der Waals surface area contributed by atoms with Crippen LogP contribution in [0.15, 0.2) is 46.9 Å². The van der Waals surface area contributed by atoms with E-state index in [9.17, 15) is 5.11 Å². The van der Waals surface area contributed by atoms with Crippen LogP contribution >= 0.6 is 0 Å². The molecule has 0 radical (unpaired) electrons. The molecular weight excluding hydrogens is 240 g/mol. The highest BCUT2D eigenvalue weighted by molar-refractivity contribution is 5.76. The third kappa shape index (κ3) is 2.02. The first-order chi connectivity index (χ1) is 9.28. The van der Waals surface area contributed by atoms with Crippen molar-refractivity contribution < 1.29 is 9.52 Å². The predicted octanol–water partition coefficient (Wildman–Crippen LogP) is 3.27. The Labute approximate surface area is 109 Å². The number of hydrogen-bond acceptors (Lipinski definition) is 4. The molecule has 3 aromatic rings. The van der Waals surface area contributed by atoms with Crippen LogP contribution in [-0.4, -0.2) is 10.1 Å². The van der Waals surface area contributed by atoms with Gasteiger partial charge in [0.15, 0.2) is 5.58 Å². The fourth-order valence-corrected chi connectivity index (χ4v) is 1.93. The molecule has 0 spiro atoms. The number of aromatic nitrogens is 1. The zero-order chi connectivity index (χ0) is 13.2. The van der Waals surface area contributed by atoms with Crippen LogP contribution < -0.4 is 0 Å². The van der Waals surface area contributed by atoms with Gasteiger partial charge in [-0.3, -0.25) is 0 Å². The molecule has 92 valence electrons. The summed E-state index contributed by atoms with van der Waals surface area (Å²) < 4.78 is 5.62. The van der Waals surface area contributed by atoms with Crippen molar-refractivity contribution in [3.63, 3.8) is 0 Å². The molecule has 19 heavy (non-hydrogen) atoms. The van der Waals surface area contributed by atoms with Gasteiger partial charge in [0.2, 0.25) is 5.89 Å². The number of oxazole rings is 1. The molecule has 0 aliphatic rings. The van der Waals surface area contributed by atoms with Gasteiger partial charge in [-0.25, -0.2) is 4.98 Å². The van der Waals surface area contributed by atoms with E-state index >= 15 is 0 Å². The molecule has 4 heteroatoms. The van der Waals surface area contributed by atoms with Crippen molar-refractivity contribution in [3.8, 4) is 23.3 Å². The van der Waals surface area contributed by atoms with Gasteiger partial charge in [0.05, 0.1) is 12.5 Å². The number of phenols is 1. The molecule has 1 aromatic heterocycles. The smallest absolute Gasteiger partial charge is 0.227 e. The number of nitriles is 1. The van der Waals surface area contributed by atoms with Gasteiger partial charge >= 0.3 is 0 Å². The number of fused-ring (bicyclic) bond motifs is 1. The summed E-state index contributed by atoms with van der Waals surface area (Å²) in [5.74, 6) is 0.543. The Hall–Kier alpha value is -2.80. The maximum Gasteiger partial charge on any atom is 0.227 e. The number of rotatable bonds is 2. The minimum atomic E-state index is 0.0845. The average molecular weight is 250 g/mol. The normalized spacial score (nSPS) is 10.5. The summed E-state index contributed by atoms with van der Waals surface area (Å²) in [5, 5.41) is 18.5. The van der Waals surface area contributed by atoms with Crippen molar-refractivity contribution in [2.75, 3.05) is 0 Å². The Morgan fingerprint density at radius 2 is 2.05 bits per heavy atom. The summed E-state index contributed by atoms with van der Waals surface area (Å²) in [7, 11) is 0. The van der Waals surface area contributed by atoms with E-state index in [4.69, 9.17) is 9.68 Å². The topological polar surface area (TPSA) is 70.0 Å². The average Bonchev–Trinajstić information content (AvgIpc) is 2.85. The van der Waals surface area contributed by atoms with Gasteiger partial charge in [0.1, 0.15) is 11.3 Å². The highest BCUT2D eigenvalue weighted by atomic mass is 16.3. The summed E-state index contributed by atoms with van der Waals surface area (Å²) in [6.07, 6.45) is 0.180. The van der Waals surface area contributed by atoms with E-state index in [-0.39, 0.29) is 12.2 Å². The van der Waals surface area contributed by atoms with Crippen LogP contribution in [0.5, 0.6) is 5.75 Å². The molecule has 3 rings (SSSR count). The quantitative estimate of drug-likeness (QED) is 0.757. The first kappa shape index (κ1) is 11.3. The molecule has 0 bridgehead atoms. The summed E-state index contributed by atoms with van der Waals surface area (Å²) in [5.41, 5.74) is 2.77. The zero-order valence-electron chi connectivity index (χ0n) is 10.00. The highest BCUT2D eigenvalue weighted by Crippen LogP contribution is 2.28. The molecule has 0 unspecified atom stereocenters. The Bertz CT molecular complexity index is 751. The van der Waals surface area contributed by atoms with E-state index in [1.54, 1.807) is 18.2 Å². The van der Waals surface area contributed by atoms with Crippen LogP contribution in [0, 0.1) is 11.3 Å². The van der Waals surface area contributed by atoms with Crippen molar-refractivity contribution in [2.45, 2.75) is 6.42 Å². The van der Waals surface area contributed by atoms with E-state index in [0.717, 1.165) is 5.52 Å². The second-order valence-corrected chi connectivity index (χ2v) is 4.17. The first-order valence-corrected chi connectivity index (χ1v) is 5.83. The predicted molar refractivity (Wildman–Crippen MR) is 70.4 cm³/mol. The molecule has 0 atom stereocenters. The van der Waals surface area contributed by atoms with Gasteiger partial charge in [-0.1, -0.05) is 18.2 Å². The Morgan fingerprint density at radius 1 is 1.21 bits per heavy atom. The van der Waals surface area contributed by atoms with Crippen molar-refractivity contribution >= 4 is 11.1 Å². The largest absolute Gasteiger partial charge is 0.508 e. The zero-order valence-corrected chi connectivity index (χ0v) is 10.00. The van der Waals surface area contributed by atoms with E-state index in [2.05, 4.69) is 4.98 Å². The number of phenolic OH excluding ortho intramolecular Hbond substituents is 1. The lowest BCUT2D eigenvalue weighted by molar-refractivity contribution is 0.469.